The summed E-state index contributed by atoms with van der Waals surface area (Å²) in [5.41, 5.74) is 0.759. The molecule has 0 aliphatic rings. The molecule has 2 aromatic rings. The average molecular weight is 328 g/mol. The topological polar surface area (TPSA) is 58.2 Å². The first-order valence-corrected chi connectivity index (χ1v) is 8.74. The zero-order valence-corrected chi connectivity index (χ0v) is 13.4. The van der Waals surface area contributed by atoms with E-state index in [0.717, 1.165) is 23.4 Å². The normalized spacial score (nSPS) is 11.6. The first-order valence-electron chi connectivity index (χ1n) is 6.44. The van der Waals surface area contributed by atoms with Crippen LogP contribution < -0.4 is 10.0 Å². The summed E-state index contributed by atoms with van der Waals surface area (Å²) in [6.45, 7) is 2.55. The van der Waals surface area contributed by atoms with Gasteiger partial charge >= 0.3 is 0 Å². The van der Waals surface area contributed by atoms with E-state index < -0.39 is 15.8 Å². The zero-order chi connectivity index (χ0) is 15.5. The molecule has 1 aromatic carbocycles. The molecule has 4 nitrogen and oxygen atoms in total. The lowest BCUT2D eigenvalue weighted by Crippen LogP contribution is -2.12. The van der Waals surface area contributed by atoms with E-state index in [1.54, 1.807) is 25.1 Å². The smallest absolute Gasteiger partial charge is 0.271 e. The summed E-state index contributed by atoms with van der Waals surface area (Å²) in [5, 5.41) is 3.01. The van der Waals surface area contributed by atoms with Crippen molar-refractivity contribution < 1.29 is 12.8 Å². The van der Waals surface area contributed by atoms with E-state index in [4.69, 9.17) is 0 Å². The molecule has 1 aromatic heterocycles. The van der Waals surface area contributed by atoms with Gasteiger partial charge in [-0.2, -0.15) is 0 Å². The van der Waals surface area contributed by atoms with Crippen LogP contribution in [0, 0.1) is 12.7 Å². The van der Waals surface area contributed by atoms with Gasteiger partial charge in [-0.25, -0.2) is 12.8 Å². The molecule has 0 aliphatic carbocycles. The molecule has 0 aliphatic heterocycles. The molecular weight excluding hydrogens is 311 g/mol. The van der Waals surface area contributed by atoms with Crippen molar-refractivity contribution in [2.75, 3.05) is 18.3 Å². The van der Waals surface area contributed by atoms with E-state index in [0.29, 0.717) is 0 Å². The second-order valence-electron chi connectivity index (χ2n) is 4.66. The number of nitrogens with one attached hydrogen (secondary N) is 2. The van der Waals surface area contributed by atoms with E-state index >= 15 is 0 Å². The van der Waals surface area contributed by atoms with Gasteiger partial charge in [-0.15, -0.1) is 11.3 Å². The van der Waals surface area contributed by atoms with E-state index in [9.17, 15) is 12.8 Å². The molecule has 2 rings (SSSR count). The third-order valence-electron chi connectivity index (χ3n) is 2.89. The highest BCUT2D eigenvalue weighted by Crippen LogP contribution is 2.25. The molecule has 114 valence electrons. The van der Waals surface area contributed by atoms with Gasteiger partial charge in [0.2, 0.25) is 0 Å². The molecule has 0 atom stereocenters. The van der Waals surface area contributed by atoms with Crippen molar-refractivity contribution in [3.63, 3.8) is 0 Å². The van der Waals surface area contributed by atoms with Gasteiger partial charge in [-0.05, 0) is 56.8 Å². The molecule has 0 unspecified atom stereocenters. The minimum absolute atomic E-state index is 0.0276. The molecule has 1 heterocycles. The first kappa shape index (κ1) is 15.9. The zero-order valence-electron chi connectivity index (χ0n) is 11.8. The monoisotopic (exact) mass is 328 g/mol. The van der Waals surface area contributed by atoms with Crippen LogP contribution in [0.4, 0.5) is 10.1 Å². The summed E-state index contributed by atoms with van der Waals surface area (Å²) < 4.78 is 40.7. The van der Waals surface area contributed by atoms with Crippen molar-refractivity contribution in [2.45, 2.75) is 17.6 Å². The number of sulfonamides is 1. The van der Waals surface area contributed by atoms with Crippen LogP contribution in [-0.4, -0.2) is 22.0 Å². The maximum Gasteiger partial charge on any atom is 0.271 e. The van der Waals surface area contributed by atoms with E-state index in [2.05, 4.69) is 10.0 Å². The SMILES string of the molecule is CNCCc1ccc(S(=O)(=O)Nc2cc(C)ccc2F)s1. The van der Waals surface area contributed by atoms with E-state index in [-0.39, 0.29) is 9.90 Å². The summed E-state index contributed by atoms with van der Waals surface area (Å²) in [6, 6.07) is 7.64. The third-order valence-corrected chi connectivity index (χ3v) is 5.89. The standard InChI is InChI=1S/C14H17FN2O2S2/c1-10-3-5-12(15)13(9-10)17-21(18,19)14-6-4-11(20-14)7-8-16-2/h3-6,9,16-17H,7-8H2,1-2H3. The van der Waals surface area contributed by atoms with Crippen molar-refractivity contribution in [3.8, 4) is 0 Å². The lowest BCUT2D eigenvalue weighted by Gasteiger charge is -2.08. The average Bonchev–Trinajstić information content (AvgIpc) is 2.90. The Kier molecular flexibility index (Phi) is 4.97. The predicted molar refractivity (Wildman–Crippen MR) is 83.9 cm³/mol. The quantitative estimate of drug-likeness (QED) is 0.857. The molecule has 2 N–H and O–H groups in total. The fourth-order valence-electron chi connectivity index (χ4n) is 1.80. The number of thiophene rings is 1. The first-order chi connectivity index (χ1) is 9.92. The maximum absolute atomic E-state index is 13.7. The Bertz CT molecular complexity index is 726. The molecule has 0 saturated carbocycles. The molecule has 0 radical (unpaired) electrons. The molecule has 0 bridgehead atoms. The summed E-state index contributed by atoms with van der Waals surface area (Å²) in [5.74, 6) is -0.587. The van der Waals surface area contributed by atoms with Crippen molar-refractivity contribution in [1.82, 2.24) is 5.32 Å². The molecular formula is C14H17FN2O2S2. The fourth-order valence-corrected chi connectivity index (χ4v) is 4.21. The van der Waals surface area contributed by atoms with Crippen LogP contribution in [-0.2, 0) is 16.4 Å². The van der Waals surface area contributed by atoms with Crippen LogP contribution >= 0.6 is 11.3 Å². The Morgan fingerprint density at radius 1 is 1.24 bits per heavy atom. The van der Waals surface area contributed by atoms with Crippen molar-refractivity contribution in [2.24, 2.45) is 0 Å². The Labute approximate surface area is 128 Å². The third kappa shape index (κ3) is 4.03. The highest BCUT2D eigenvalue weighted by molar-refractivity contribution is 7.94. The highest BCUT2D eigenvalue weighted by Gasteiger charge is 2.18. The summed E-state index contributed by atoms with van der Waals surface area (Å²) >= 11 is 1.20. The van der Waals surface area contributed by atoms with Gasteiger partial charge in [0, 0.05) is 4.88 Å². The number of halogens is 1. The fraction of sp³-hybridized carbons (Fsp3) is 0.286. The molecule has 0 spiro atoms. The summed E-state index contributed by atoms with van der Waals surface area (Å²) in [6.07, 6.45) is 0.759. The lowest BCUT2D eigenvalue weighted by atomic mass is 10.2. The molecule has 21 heavy (non-hydrogen) atoms. The van der Waals surface area contributed by atoms with Crippen molar-refractivity contribution in [3.05, 3.63) is 46.6 Å². The number of aryl methyl sites for hydroxylation is 1. The van der Waals surface area contributed by atoms with E-state index in [1.807, 2.05) is 7.05 Å². The van der Waals surface area contributed by atoms with Gasteiger partial charge < -0.3 is 5.32 Å². The molecule has 0 fully saturated rings. The van der Waals surface area contributed by atoms with E-state index in [1.165, 1.54) is 23.5 Å². The van der Waals surface area contributed by atoms with Crippen LogP contribution in [0.2, 0.25) is 0 Å². The van der Waals surface area contributed by atoms with Crippen LogP contribution in [0.5, 0.6) is 0 Å². The maximum atomic E-state index is 13.7. The second kappa shape index (κ2) is 6.55. The van der Waals surface area contributed by atoms with Crippen LogP contribution in [0.1, 0.15) is 10.4 Å². The van der Waals surface area contributed by atoms with Gasteiger partial charge in [0.15, 0.2) is 0 Å². The highest BCUT2D eigenvalue weighted by atomic mass is 32.2. The lowest BCUT2D eigenvalue weighted by molar-refractivity contribution is 0.600. The predicted octanol–water partition coefficient (Wildman–Crippen LogP) is 2.76. The summed E-state index contributed by atoms with van der Waals surface area (Å²) in [4.78, 5) is 0.967. The van der Waals surface area contributed by atoms with Crippen LogP contribution in [0.25, 0.3) is 0 Å². The van der Waals surface area contributed by atoms with Gasteiger partial charge in [-0.1, -0.05) is 6.07 Å². The van der Waals surface area contributed by atoms with Gasteiger partial charge in [-0.3, -0.25) is 4.72 Å². The number of rotatable bonds is 6. The number of hydrogen-bond donors (Lipinski definition) is 2. The van der Waals surface area contributed by atoms with Gasteiger partial charge in [0.1, 0.15) is 10.0 Å². The minimum Gasteiger partial charge on any atom is -0.319 e. The Hall–Kier alpha value is -1.44. The Morgan fingerprint density at radius 3 is 2.71 bits per heavy atom. The minimum atomic E-state index is -3.75. The van der Waals surface area contributed by atoms with Crippen LogP contribution in [0.15, 0.2) is 34.5 Å². The number of benzene rings is 1. The number of hydrogen-bond acceptors (Lipinski definition) is 4. The van der Waals surface area contributed by atoms with Crippen molar-refractivity contribution >= 4 is 27.0 Å². The Balaban J connectivity index is 2.22. The molecule has 0 amide bonds. The van der Waals surface area contributed by atoms with Crippen molar-refractivity contribution in [1.29, 1.82) is 0 Å². The van der Waals surface area contributed by atoms with Gasteiger partial charge in [0.05, 0.1) is 5.69 Å². The number of likely N-dealkylation sites (N-methyl/N-ethyl adjacent to an activating group) is 1. The molecule has 7 heteroatoms. The largest absolute Gasteiger partial charge is 0.319 e. The van der Waals surface area contributed by atoms with Crippen LogP contribution in [0.3, 0.4) is 0 Å². The van der Waals surface area contributed by atoms with Gasteiger partial charge in [0.25, 0.3) is 10.0 Å². The Morgan fingerprint density at radius 2 is 2.00 bits per heavy atom. The second-order valence-corrected chi connectivity index (χ2v) is 7.74. The molecule has 0 saturated heterocycles. The summed E-state index contributed by atoms with van der Waals surface area (Å²) in [7, 11) is -1.91. The number of anilines is 1.